The molecule has 6 rings (SSSR count). The predicted molar refractivity (Wildman–Crippen MR) is 330 cm³/mol. The van der Waals surface area contributed by atoms with Crippen molar-refractivity contribution in [3.8, 4) is 11.1 Å². The summed E-state index contributed by atoms with van der Waals surface area (Å²) in [6.07, 6.45) is 13.5. The van der Waals surface area contributed by atoms with Crippen molar-refractivity contribution in [1.29, 1.82) is 0 Å². The Labute approximate surface area is 503 Å². The quantitative estimate of drug-likeness (QED) is 0.0148. The predicted octanol–water partition coefficient (Wildman–Crippen LogP) is 13.6. The molecule has 84 heavy (non-hydrogen) atoms. The number of alkyl carbamates (subject to hydrolysis) is 1. The molecular weight excluding hydrogens is 1080 g/mol. The monoisotopic (exact) mass is 1170 g/mol. The van der Waals surface area contributed by atoms with Gasteiger partial charge in [0.1, 0.15) is 18.2 Å². The molecule has 1 aliphatic carbocycles. The highest BCUT2D eigenvalue weighted by molar-refractivity contribution is 6.31. The summed E-state index contributed by atoms with van der Waals surface area (Å²) >= 11 is 6.96. The van der Waals surface area contributed by atoms with Crippen LogP contribution in [0.5, 0.6) is 0 Å². The molecule has 1 unspecified atom stereocenters. The zero-order valence-electron chi connectivity index (χ0n) is 50.0. The number of fused-ring (bicyclic) bond motifs is 3. The molecule has 0 aromatic heterocycles. The number of esters is 2. The lowest BCUT2D eigenvalue weighted by Crippen LogP contribution is -2.48. The second kappa shape index (κ2) is 36.3. The van der Waals surface area contributed by atoms with Crippen LogP contribution in [0.25, 0.3) is 11.1 Å². The molecule has 5 aromatic rings. The molecule has 3 N–H and O–H groups in total. The number of halogens is 1. The van der Waals surface area contributed by atoms with Gasteiger partial charge in [0.05, 0.1) is 32.8 Å². The van der Waals surface area contributed by atoms with Crippen molar-refractivity contribution in [3.05, 3.63) is 166 Å². The van der Waals surface area contributed by atoms with Crippen LogP contribution >= 0.6 is 11.6 Å². The lowest BCUT2D eigenvalue weighted by Gasteiger charge is -2.37. The van der Waals surface area contributed by atoms with Crippen molar-refractivity contribution in [3.63, 3.8) is 0 Å². The number of carbonyl (C=O) groups excluding carboxylic acids is 5. The van der Waals surface area contributed by atoms with E-state index in [1.54, 1.807) is 6.07 Å². The summed E-state index contributed by atoms with van der Waals surface area (Å²) in [4.78, 5) is 66.5. The third kappa shape index (κ3) is 22.4. The van der Waals surface area contributed by atoms with Crippen LogP contribution < -0.4 is 16.0 Å². The average Bonchev–Trinajstić information content (AvgIpc) is 1.08. The highest BCUT2D eigenvalue weighted by Crippen LogP contribution is 2.45. The van der Waals surface area contributed by atoms with Gasteiger partial charge in [-0.3, -0.25) is 14.4 Å². The van der Waals surface area contributed by atoms with Crippen molar-refractivity contribution < 1.29 is 52.4 Å². The van der Waals surface area contributed by atoms with Crippen LogP contribution in [-0.4, -0.2) is 101 Å². The van der Waals surface area contributed by atoms with E-state index in [4.69, 9.17) is 40.0 Å². The van der Waals surface area contributed by atoms with Crippen LogP contribution in [0.2, 0.25) is 5.02 Å². The Morgan fingerprint density at radius 1 is 0.512 bits per heavy atom. The van der Waals surface area contributed by atoms with Gasteiger partial charge in [0.15, 0.2) is 5.60 Å². The molecule has 454 valence electrons. The van der Waals surface area contributed by atoms with Crippen molar-refractivity contribution in [2.75, 3.05) is 59.3 Å². The summed E-state index contributed by atoms with van der Waals surface area (Å²) in [6.45, 7) is 11.0. The Balaban J connectivity index is 0.884. The van der Waals surface area contributed by atoms with Gasteiger partial charge in [-0.05, 0) is 81.7 Å². The molecule has 3 amide bonds. The van der Waals surface area contributed by atoms with E-state index in [0.717, 1.165) is 50.5 Å². The first-order chi connectivity index (χ1) is 40.7. The second-order valence-corrected chi connectivity index (χ2v) is 23.0. The Morgan fingerprint density at radius 3 is 1.57 bits per heavy atom. The van der Waals surface area contributed by atoms with Crippen LogP contribution in [0.3, 0.4) is 0 Å². The number of rotatable bonds is 39. The van der Waals surface area contributed by atoms with E-state index in [2.05, 4.69) is 40.2 Å². The van der Waals surface area contributed by atoms with E-state index < -0.39 is 35.2 Å². The summed E-state index contributed by atoms with van der Waals surface area (Å²) in [7, 11) is 0. The third-order valence-corrected chi connectivity index (χ3v) is 15.0. The third-order valence-electron chi connectivity index (χ3n) is 14.7. The van der Waals surface area contributed by atoms with Crippen LogP contribution in [0, 0.1) is 6.92 Å². The zero-order chi connectivity index (χ0) is 59.8. The number of unbranched alkanes of at least 4 members (excludes halogenated alkanes) is 11. The molecule has 0 saturated heterocycles. The number of nitrogens with one attached hydrogen (secondary N) is 3. The molecule has 14 nitrogen and oxygen atoms in total. The maximum absolute atomic E-state index is 14.8. The summed E-state index contributed by atoms with van der Waals surface area (Å²) in [5.74, 6) is -1.65. The summed E-state index contributed by atoms with van der Waals surface area (Å²) in [5.41, 5.74) is 5.58. The van der Waals surface area contributed by atoms with Crippen molar-refractivity contribution in [2.45, 2.75) is 160 Å². The molecule has 0 bridgehead atoms. The first-order valence-electron chi connectivity index (χ1n) is 30.5. The number of ether oxygens (including phenoxy) is 6. The van der Waals surface area contributed by atoms with Gasteiger partial charge in [-0.1, -0.05) is 203 Å². The Bertz CT molecular complexity index is 2740. The van der Waals surface area contributed by atoms with E-state index in [9.17, 15) is 24.0 Å². The van der Waals surface area contributed by atoms with Crippen LogP contribution in [0.4, 0.5) is 4.79 Å². The van der Waals surface area contributed by atoms with Crippen molar-refractivity contribution in [2.24, 2.45) is 0 Å². The van der Waals surface area contributed by atoms with Crippen LogP contribution in [0.15, 0.2) is 127 Å². The van der Waals surface area contributed by atoms with Gasteiger partial charge in [0, 0.05) is 66.8 Å². The van der Waals surface area contributed by atoms with Crippen LogP contribution in [0.1, 0.15) is 169 Å². The smallest absolute Gasteiger partial charge is 0.407 e. The van der Waals surface area contributed by atoms with Gasteiger partial charge in [0.2, 0.25) is 11.8 Å². The first-order valence-corrected chi connectivity index (χ1v) is 30.8. The summed E-state index contributed by atoms with van der Waals surface area (Å²) in [5, 5.41) is 8.97. The number of aryl methyl sites for hydroxylation is 1. The SMILES string of the molecule is Cc1ccc(C(OC(=O)[C@H](CC(=O)NCCCOCCOCCOCCCNC(=O)OCC2c3ccccc3-c3ccccc32)NC(=O)CCCCCCCCCCCCCCC(=O)OC(C)(C)C)(c2ccccc2)c2ccccc2Cl)cc1. The van der Waals surface area contributed by atoms with Gasteiger partial charge in [-0.15, -0.1) is 0 Å². The molecule has 1 aliphatic rings. The standard InChI is InChI=1S/C69H90ClN3O11/c1-52-38-40-54(41-39-52)69(53-28-16-15-17-29-53,60-34-24-25-35-61(60)70)84-66(77)62(73-63(74)36-18-13-11-9-7-5-6-8-10-12-14-19-37-65(76)83-68(2,3)4)50-64(75)71-42-26-44-79-46-48-81-49-47-80-45-27-43-72-67(78)82-51-59-57-32-22-20-30-55(57)56-31-21-23-33-58(56)59/h15-17,20-25,28-35,38-41,59,62H,5-14,18-19,26-27,36-37,42-51H2,1-4H3,(H,71,75)(H,72,78)(H,73,74)/t62-,69?/m0/s1. The number of carbonyl (C=O) groups is 5. The van der Waals surface area contributed by atoms with Gasteiger partial charge in [0.25, 0.3) is 0 Å². The second-order valence-electron chi connectivity index (χ2n) is 22.6. The highest BCUT2D eigenvalue weighted by atomic mass is 35.5. The average molecular weight is 1170 g/mol. The fraction of sp³-hybridized carbons (Fsp3) is 0.493. The van der Waals surface area contributed by atoms with Crippen LogP contribution in [-0.2, 0) is 53.2 Å². The minimum atomic E-state index is -1.53. The zero-order valence-corrected chi connectivity index (χ0v) is 50.8. The fourth-order valence-corrected chi connectivity index (χ4v) is 10.7. The first kappa shape index (κ1) is 66.6. The Morgan fingerprint density at radius 2 is 1.00 bits per heavy atom. The molecule has 5 aromatic carbocycles. The van der Waals surface area contributed by atoms with E-state index in [-0.39, 0.29) is 43.8 Å². The molecule has 0 fully saturated rings. The van der Waals surface area contributed by atoms with E-state index in [1.807, 2.05) is 125 Å². The van der Waals surface area contributed by atoms with Gasteiger partial charge >= 0.3 is 18.0 Å². The minimum absolute atomic E-state index is 0.00940. The Hall–Kier alpha value is -6.58. The lowest BCUT2D eigenvalue weighted by molar-refractivity contribution is -0.158. The number of benzene rings is 5. The Kier molecular flexibility index (Phi) is 28.8. The molecule has 0 aliphatic heterocycles. The number of amides is 3. The van der Waals surface area contributed by atoms with E-state index in [0.29, 0.717) is 93.6 Å². The molecule has 0 heterocycles. The minimum Gasteiger partial charge on any atom is -0.460 e. The molecule has 0 radical (unpaired) electrons. The number of hydrogen-bond acceptors (Lipinski definition) is 11. The van der Waals surface area contributed by atoms with Crippen molar-refractivity contribution in [1.82, 2.24) is 16.0 Å². The maximum Gasteiger partial charge on any atom is 0.407 e. The van der Waals surface area contributed by atoms with Crippen molar-refractivity contribution >= 4 is 41.4 Å². The van der Waals surface area contributed by atoms with E-state index in [1.165, 1.54) is 47.9 Å². The van der Waals surface area contributed by atoms with E-state index >= 15 is 0 Å². The topological polar surface area (TPSA) is 177 Å². The number of hydrogen-bond donors (Lipinski definition) is 3. The molecule has 0 spiro atoms. The van der Waals surface area contributed by atoms with Gasteiger partial charge < -0.3 is 44.4 Å². The molecule has 0 saturated carbocycles. The lowest BCUT2D eigenvalue weighted by atomic mass is 9.79. The maximum atomic E-state index is 14.8. The summed E-state index contributed by atoms with van der Waals surface area (Å²) < 4.78 is 34.8. The normalized spacial score (nSPS) is 13.0. The fourth-order valence-electron chi connectivity index (χ4n) is 10.5. The van der Waals surface area contributed by atoms with Gasteiger partial charge in [-0.2, -0.15) is 0 Å². The molecule has 2 atom stereocenters. The summed E-state index contributed by atoms with van der Waals surface area (Å²) in [6, 6.07) is 39.5. The molecule has 15 heteroatoms. The largest absolute Gasteiger partial charge is 0.460 e. The van der Waals surface area contributed by atoms with Gasteiger partial charge in [-0.25, -0.2) is 9.59 Å². The highest BCUT2D eigenvalue weighted by Gasteiger charge is 2.44. The molecular formula is C69H90ClN3O11.